The summed E-state index contributed by atoms with van der Waals surface area (Å²) in [6.07, 6.45) is 3.10. The van der Waals surface area contributed by atoms with E-state index in [4.69, 9.17) is 13.9 Å². The molecule has 0 fully saturated rings. The van der Waals surface area contributed by atoms with Crippen LogP contribution in [0.5, 0.6) is 11.5 Å². The first-order valence-electron chi connectivity index (χ1n) is 8.95. The van der Waals surface area contributed by atoms with Crippen molar-refractivity contribution in [2.45, 2.75) is 19.8 Å². The number of hydrogen-bond acceptors (Lipinski definition) is 5. The van der Waals surface area contributed by atoms with Gasteiger partial charge in [0.05, 0.1) is 11.8 Å². The first-order chi connectivity index (χ1) is 13.5. The predicted octanol–water partition coefficient (Wildman–Crippen LogP) is 5.24. The Morgan fingerprint density at radius 3 is 2.54 bits per heavy atom. The molecule has 28 heavy (non-hydrogen) atoms. The molecule has 0 saturated heterocycles. The zero-order valence-electron chi connectivity index (χ0n) is 15.5. The highest BCUT2D eigenvalue weighted by atomic mass is 16.5. The minimum absolute atomic E-state index is 0.0999. The molecular weight excluding hydrogens is 356 g/mol. The van der Waals surface area contributed by atoms with Crippen LogP contribution in [0.25, 0.3) is 6.08 Å². The number of furan rings is 1. The Morgan fingerprint density at radius 1 is 1.07 bits per heavy atom. The van der Waals surface area contributed by atoms with Gasteiger partial charge in [0.1, 0.15) is 11.5 Å². The summed E-state index contributed by atoms with van der Waals surface area (Å²) in [6.45, 7) is 4.26. The molecule has 1 aliphatic heterocycles. The van der Waals surface area contributed by atoms with Crippen LogP contribution in [-0.4, -0.2) is 11.8 Å². The Balaban J connectivity index is 1.53. The largest absolute Gasteiger partial charge is 0.457 e. The van der Waals surface area contributed by atoms with Crippen LogP contribution in [0.3, 0.4) is 0 Å². The van der Waals surface area contributed by atoms with E-state index in [1.807, 2.05) is 24.3 Å². The van der Waals surface area contributed by atoms with Crippen LogP contribution in [0.2, 0.25) is 0 Å². The quantitative estimate of drug-likeness (QED) is 0.355. The van der Waals surface area contributed by atoms with E-state index in [9.17, 15) is 9.59 Å². The highest BCUT2D eigenvalue weighted by Gasteiger charge is 2.28. The second-order valence-electron chi connectivity index (χ2n) is 6.79. The summed E-state index contributed by atoms with van der Waals surface area (Å²) in [5.74, 6) is 0.597. The topological polar surface area (TPSA) is 65.7 Å². The third kappa shape index (κ3) is 3.47. The molecule has 0 spiro atoms. The van der Waals surface area contributed by atoms with Gasteiger partial charge in [-0.25, -0.2) is 4.79 Å². The van der Waals surface area contributed by atoms with Gasteiger partial charge in [-0.05, 0) is 47.4 Å². The Hall–Kier alpha value is -3.60. The molecule has 0 N–H and O–H groups in total. The minimum Gasteiger partial charge on any atom is -0.457 e. The molecular formula is C23H18O5. The lowest BCUT2D eigenvalue weighted by Crippen LogP contribution is -2.07. The third-order valence-electron chi connectivity index (χ3n) is 4.48. The molecule has 1 aromatic heterocycles. The van der Waals surface area contributed by atoms with Gasteiger partial charge in [-0.3, -0.25) is 4.79 Å². The van der Waals surface area contributed by atoms with Crippen molar-refractivity contribution < 1.29 is 23.5 Å². The van der Waals surface area contributed by atoms with Crippen molar-refractivity contribution in [1.29, 1.82) is 0 Å². The molecule has 0 amide bonds. The molecule has 0 radical (unpaired) electrons. The van der Waals surface area contributed by atoms with Gasteiger partial charge in [0.25, 0.3) is 0 Å². The number of allylic oxidation sites excluding steroid dienone is 1. The van der Waals surface area contributed by atoms with Gasteiger partial charge in [0.2, 0.25) is 11.5 Å². The second-order valence-corrected chi connectivity index (χ2v) is 6.79. The van der Waals surface area contributed by atoms with Gasteiger partial charge in [-0.15, -0.1) is 0 Å². The van der Waals surface area contributed by atoms with E-state index < -0.39 is 5.97 Å². The number of hydrogen-bond donors (Lipinski definition) is 0. The lowest BCUT2D eigenvalue weighted by Gasteiger charge is -2.05. The summed E-state index contributed by atoms with van der Waals surface area (Å²) < 4.78 is 16.0. The standard InChI is InChI=1S/C23H18O5/c1-14(2)16-7-5-15(6-8-16)12-21-22(24)18-10-9-17(13-20(18)28-21)27-23(25)19-4-3-11-26-19/h3-14H,1-2H3. The number of esters is 1. The monoisotopic (exact) mass is 374 g/mol. The molecule has 5 nitrogen and oxygen atoms in total. The first-order valence-corrected chi connectivity index (χ1v) is 8.95. The van der Waals surface area contributed by atoms with Crippen molar-refractivity contribution in [3.05, 3.63) is 89.1 Å². The maximum Gasteiger partial charge on any atom is 0.379 e. The van der Waals surface area contributed by atoms with Gasteiger partial charge < -0.3 is 13.9 Å². The van der Waals surface area contributed by atoms with E-state index >= 15 is 0 Å². The van der Waals surface area contributed by atoms with E-state index in [-0.39, 0.29) is 23.1 Å². The van der Waals surface area contributed by atoms with E-state index in [0.29, 0.717) is 17.2 Å². The van der Waals surface area contributed by atoms with E-state index in [0.717, 1.165) is 5.56 Å². The number of rotatable bonds is 4. The fourth-order valence-corrected chi connectivity index (χ4v) is 2.91. The van der Waals surface area contributed by atoms with Crippen molar-refractivity contribution in [2.75, 3.05) is 0 Å². The van der Waals surface area contributed by atoms with Crippen LogP contribution in [0.4, 0.5) is 0 Å². The lowest BCUT2D eigenvalue weighted by molar-refractivity contribution is 0.0701. The molecule has 5 heteroatoms. The molecule has 0 saturated carbocycles. The van der Waals surface area contributed by atoms with Crippen molar-refractivity contribution in [3.63, 3.8) is 0 Å². The summed E-state index contributed by atoms with van der Waals surface area (Å²) in [5.41, 5.74) is 2.54. The van der Waals surface area contributed by atoms with Gasteiger partial charge >= 0.3 is 5.97 Å². The highest BCUT2D eigenvalue weighted by molar-refractivity contribution is 6.14. The molecule has 0 unspecified atom stereocenters. The number of ketones is 1. The molecule has 2 aromatic carbocycles. The Morgan fingerprint density at radius 2 is 1.86 bits per heavy atom. The number of ether oxygens (including phenoxy) is 2. The number of Topliss-reactive ketones (excluding diaryl/α,β-unsaturated/α-hetero) is 1. The number of carbonyl (C=O) groups excluding carboxylic acids is 2. The zero-order chi connectivity index (χ0) is 19.7. The molecule has 4 rings (SSSR count). The van der Waals surface area contributed by atoms with Crippen LogP contribution in [0, 0.1) is 0 Å². The third-order valence-corrected chi connectivity index (χ3v) is 4.48. The van der Waals surface area contributed by atoms with Crippen LogP contribution < -0.4 is 9.47 Å². The second kappa shape index (κ2) is 7.19. The number of carbonyl (C=O) groups is 2. The Bertz CT molecular complexity index is 1060. The Labute approximate surface area is 162 Å². The van der Waals surface area contributed by atoms with Crippen LogP contribution in [0.15, 0.2) is 71.0 Å². The maximum atomic E-state index is 12.6. The average Bonchev–Trinajstić information content (AvgIpc) is 3.31. The van der Waals surface area contributed by atoms with Gasteiger partial charge in [0.15, 0.2) is 5.76 Å². The van der Waals surface area contributed by atoms with Gasteiger partial charge in [-0.1, -0.05) is 38.1 Å². The molecule has 0 aliphatic carbocycles. The Kier molecular flexibility index (Phi) is 4.57. The van der Waals surface area contributed by atoms with E-state index in [1.54, 1.807) is 24.3 Å². The summed E-state index contributed by atoms with van der Waals surface area (Å²) >= 11 is 0. The normalized spacial score (nSPS) is 14.2. The first kappa shape index (κ1) is 17.8. The number of fused-ring (bicyclic) bond motifs is 1. The molecule has 2 heterocycles. The fraction of sp³-hybridized carbons (Fsp3) is 0.130. The average molecular weight is 374 g/mol. The molecule has 3 aromatic rings. The maximum absolute atomic E-state index is 12.6. The SMILES string of the molecule is CC(C)c1ccc(C=C2Oc3cc(OC(=O)c4ccco4)ccc3C2=O)cc1. The molecule has 140 valence electrons. The van der Waals surface area contributed by atoms with E-state index in [2.05, 4.69) is 13.8 Å². The van der Waals surface area contributed by atoms with Gasteiger partial charge in [-0.2, -0.15) is 0 Å². The van der Waals surface area contributed by atoms with Crippen LogP contribution in [-0.2, 0) is 0 Å². The minimum atomic E-state index is -0.615. The van der Waals surface area contributed by atoms with Crippen LogP contribution in [0.1, 0.15) is 51.8 Å². The molecule has 1 aliphatic rings. The smallest absolute Gasteiger partial charge is 0.379 e. The number of benzene rings is 2. The van der Waals surface area contributed by atoms with Crippen molar-refractivity contribution in [3.8, 4) is 11.5 Å². The summed E-state index contributed by atoms with van der Waals surface area (Å²) in [6, 6.07) is 15.8. The summed E-state index contributed by atoms with van der Waals surface area (Å²) in [5, 5.41) is 0. The highest BCUT2D eigenvalue weighted by Crippen LogP contribution is 2.35. The van der Waals surface area contributed by atoms with Crippen LogP contribution >= 0.6 is 0 Å². The zero-order valence-corrected chi connectivity index (χ0v) is 15.5. The van der Waals surface area contributed by atoms with Crippen molar-refractivity contribution in [2.24, 2.45) is 0 Å². The molecule has 0 atom stereocenters. The summed E-state index contributed by atoms with van der Waals surface area (Å²) in [4.78, 5) is 24.6. The molecule has 0 bridgehead atoms. The lowest BCUT2D eigenvalue weighted by atomic mass is 10.0. The van der Waals surface area contributed by atoms with Crippen molar-refractivity contribution in [1.82, 2.24) is 0 Å². The summed E-state index contributed by atoms with van der Waals surface area (Å²) in [7, 11) is 0. The predicted molar refractivity (Wildman–Crippen MR) is 104 cm³/mol. The van der Waals surface area contributed by atoms with E-state index in [1.165, 1.54) is 24.0 Å². The fourth-order valence-electron chi connectivity index (χ4n) is 2.91. The van der Waals surface area contributed by atoms with Gasteiger partial charge in [0, 0.05) is 6.07 Å². The van der Waals surface area contributed by atoms with Crippen molar-refractivity contribution >= 4 is 17.8 Å².